The molecule has 3 nitrogen and oxygen atoms in total. The Labute approximate surface area is 119 Å². The molecular formula is C17H19NO2. The summed E-state index contributed by atoms with van der Waals surface area (Å²) < 4.78 is 11.1. The van der Waals surface area contributed by atoms with Gasteiger partial charge in [0.05, 0.1) is 7.11 Å². The first-order valence-electron chi connectivity index (χ1n) is 6.85. The summed E-state index contributed by atoms with van der Waals surface area (Å²) in [6.45, 7) is 4.88. The van der Waals surface area contributed by atoms with Crippen LogP contribution in [0, 0.1) is 0 Å². The van der Waals surface area contributed by atoms with E-state index in [-0.39, 0.29) is 0 Å². The molecule has 1 aromatic carbocycles. The topological polar surface area (TPSA) is 30.5 Å². The van der Waals surface area contributed by atoms with Crippen molar-refractivity contribution in [2.24, 2.45) is 0 Å². The molecule has 1 unspecified atom stereocenters. The zero-order valence-corrected chi connectivity index (χ0v) is 12.1. The molecule has 1 N–H and O–H groups in total. The summed E-state index contributed by atoms with van der Waals surface area (Å²) in [5.74, 6) is 1.78. The zero-order chi connectivity index (χ0) is 14.1. The molecule has 0 amide bonds. The van der Waals surface area contributed by atoms with Gasteiger partial charge in [0.15, 0.2) is 0 Å². The maximum Gasteiger partial charge on any atom is 0.127 e. The summed E-state index contributed by atoms with van der Waals surface area (Å²) in [7, 11) is 1.67. The number of allylic oxidation sites excluding steroid dienone is 2. The largest absolute Gasteiger partial charge is 0.497 e. The first-order valence-corrected chi connectivity index (χ1v) is 6.85. The molecule has 0 spiro atoms. The van der Waals surface area contributed by atoms with Gasteiger partial charge in [-0.1, -0.05) is 6.08 Å². The van der Waals surface area contributed by atoms with Crippen LogP contribution >= 0.6 is 0 Å². The molecule has 1 atom stereocenters. The molecule has 0 saturated carbocycles. The van der Waals surface area contributed by atoms with Crippen LogP contribution in [0.3, 0.4) is 0 Å². The van der Waals surface area contributed by atoms with Crippen molar-refractivity contribution in [2.45, 2.75) is 19.9 Å². The maximum atomic E-state index is 5.89. The molecule has 1 aromatic rings. The van der Waals surface area contributed by atoms with Crippen LogP contribution in [-0.4, -0.2) is 19.8 Å². The first kappa shape index (κ1) is 12.9. The number of hydrogen-bond acceptors (Lipinski definition) is 3. The van der Waals surface area contributed by atoms with E-state index in [1.165, 1.54) is 16.8 Å². The van der Waals surface area contributed by atoms with E-state index < -0.39 is 0 Å². The lowest BCUT2D eigenvalue weighted by molar-refractivity contribution is 0.302. The van der Waals surface area contributed by atoms with Crippen molar-refractivity contribution >= 4 is 5.76 Å². The fourth-order valence-electron chi connectivity index (χ4n) is 2.64. The van der Waals surface area contributed by atoms with Gasteiger partial charge in [0.25, 0.3) is 0 Å². The average Bonchev–Trinajstić information content (AvgIpc) is 2.46. The third-order valence-electron chi connectivity index (χ3n) is 3.71. The van der Waals surface area contributed by atoms with Gasteiger partial charge in [-0.25, -0.2) is 0 Å². The molecule has 0 aliphatic carbocycles. The maximum absolute atomic E-state index is 5.89. The normalized spacial score (nSPS) is 21.2. The van der Waals surface area contributed by atoms with E-state index in [0.29, 0.717) is 12.6 Å². The minimum absolute atomic E-state index is 0.361. The van der Waals surface area contributed by atoms with Crippen LogP contribution in [0.1, 0.15) is 19.4 Å². The fourth-order valence-corrected chi connectivity index (χ4v) is 2.64. The van der Waals surface area contributed by atoms with E-state index in [4.69, 9.17) is 9.47 Å². The standard InChI is InChI=1S/C17H19NO2/c1-11-8-14-9-17(20-10-16(14)12(2)18-11)13-4-6-15(19-3)7-5-13/h4-9,11,18H,10H2,1-3H3. The number of ether oxygens (including phenoxy) is 2. The van der Waals surface area contributed by atoms with Gasteiger partial charge >= 0.3 is 0 Å². The molecule has 104 valence electrons. The second-order valence-corrected chi connectivity index (χ2v) is 5.18. The Bertz CT molecular complexity index is 608. The highest BCUT2D eigenvalue weighted by Gasteiger charge is 2.21. The molecule has 2 aliphatic rings. The van der Waals surface area contributed by atoms with E-state index in [1.807, 2.05) is 24.3 Å². The number of methoxy groups -OCH3 is 1. The van der Waals surface area contributed by atoms with Crippen LogP contribution in [0.15, 0.2) is 53.3 Å². The Balaban J connectivity index is 1.94. The number of benzene rings is 1. The summed E-state index contributed by atoms with van der Waals surface area (Å²) in [6.07, 6.45) is 4.37. The van der Waals surface area contributed by atoms with Crippen molar-refractivity contribution in [1.29, 1.82) is 0 Å². The highest BCUT2D eigenvalue weighted by Crippen LogP contribution is 2.31. The van der Waals surface area contributed by atoms with Crippen LogP contribution in [-0.2, 0) is 4.74 Å². The number of hydrogen-bond donors (Lipinski definition) is 1. The van der Waals surface area contributed by atoms with Crippen LogP contribution in [0.2, 0.25) is 0 Å². The molecule has 0 fully saturated rings. The Morgan fingerprint density at radius 1 is 1.25 bits per heavy atom. The summed E-state index contributed by atoms with van der Waals surface area (Å²) in [5.41, 5.74) is 4.81. The smallest absolute Gasteiger partial charge is 0.127 e. The fraction of sp³-hybridized carbons (Fsp3) is 0.294. The van der Waals surface area contributed by atoms with Crippen LogP contribution in [0.25, 0.3) is 5.76 Å². The van der Waals surface area contributed by atoms with Crippen LogP contribution < -0.4 is 10.1 Å². The zero-order valence-electron chi connectivity index (χ0n) is 12.1. The van der Waals surface area contributed by atoms with E-state index in [0.717, 1.165) is 17.1 Å². The Kier molecular flexibility index (Phi) is 3.26. The molecule has 2 aliphatic heterocycles. The van der Waals surface area contributed by atoms with Gasteiger partial charge in [-0.15, -0.1) is 0 Å². The van der Waals surface area contributed by atoms with Gasteiger partial charge in [-0.05, 0) is 49.8 Å². The molecule has 0 saturated heterocycles. The van der Waals surface area contributed by atoms with Gasteiger partial charge < -0.3 is 14.8 Å². The third kappa shape index (κ3) is 2.31. The van der Waals surface area contributed by atoms with Crippen molar-refractivity contribution in [1.82, 2.24) is 5.32 Å². The predicted molar refractivity (Wildman–Crippen MR) is 80.3 cm³/mol. The summed E-state index contributed by atoms with van der Waals surface area (Å²) in [5, 5.41) is 3.43. The minimum Gasteiger partial charge on any atom is -0.497 e. The lowest BCUT2D eigenvalue weighted by Crippen LogP contribution is -2.29. The van der Waals surface area contributed by atoms with Crippen molar-refractivity contribution in [3.05, 3.63) is 58.8 Å². The number of dihydropyridines is 1. The van der Waals surface area contributed by atoms with E-state index >= 15 is 0 Å². The highest BCUT2D eigenvalue weighted by atomic mass is 16.5. The number of fused-ring (bicyclic) bond motifs is 1. The van der Waals surface area contributed by atoms with Gasteiger partial charge in [-0.2, -0.15) is 0 Å². The molecular weight excluding hydrogens is 250 g/mol. The SMILES string of the molecule is COc1ccc(C2=CC3=CC(C)NC(C)=C3CO2)cc1. The summed E-state index contributed by atoms with van der Waals surface area (Å²) in [4.78, 5) is 0. The monoisotopic (exact) mass is 269 g/mol. The van der Waals surface area contributed by atoms with Crippen LogP contribution in [0.5, 0.6) is 5.75 Å². The summed E-state index contributed by atoms with van der Waals surface area (Å²) in [6, 6.07) is 8.32. The molecule has 0 aromatic heterocycles. The van der Waals surface area contributed by atoms with Crippen molar-refractivity contribution < 1.29 is 9.47 Å². The van der Waals surface area contributed by atoms with Crippen molar-refractivity contribution in [3.8, 4) is 5.75 Å². The van der Waals surface area contributed by atoms with Crippen LogP contribution in [0.4, 0.5) is 0 Å². The predicted octanol–water partition coefficient (Wildman–Crippen LogP) is 3.26. The second-order valence-electron chi connectivity index (χ2n) is 5.18. The second kappa shape index (κ2) is 5.08. The minimum atomic E-state index is 0.361. The van der Waals surface area contributed by atoms with Gasteiger partial charge in [0.1, 0.15) is 18.1 Å². The van der Waals surface area contributed by atoms with Gasteiger partial charge in [-0.3, -0.25) is 0 Å². The van der Waals surface area contributed by atoms with E-state index in [2.05, 4.69) is 31.3 Å². The Morgan fingerprint density at radius 3 is 2.70 bits per heavy atom. The molecule has 20 heavy (non-hydrogen) atoms. The average molecular weight is 269 g/mol. The Hall–Kier alpha value is -2.16. The molecule has 0 radical (unpaired) electrons. The van der Waals surface area contributed by atoms with E-state index in [1.54, 1.807) is 7.11 Å². The lowest BCUT2D eigenvalue weighted by atomic mass is 9.95. The third-order valence-corrected chi connectivity index (χ3v) is 3.71. The molecule has 2 heterocycles. The quantitative estimate of drug-likeness (QED) is 0.894. The highest BCUT2D eigenvalue weighted by molar-refractivity contribution is 5.68. The molecule has 0 bridgehead atoms. The lowest BCUT2D eigenvalue weighted by Gasteiger charge is -2.28. The van der Waals surface area contributed by atoms with E-state index in [9.17, 15) is 0 Å². The Morgan fingerprint density at radius 2 is 2.00 bits per heavy atom. The van der Waals surface area contributed by atoms with Gasteiger partial charge in [0.2, 0.25) is 0 Å². The summed E-state index contributed by atoms with van der Waals surface area (Å²) >= 11 is 0. The molecule has 3 heteroatoms. The number of nitrogens with one attached hydrogen (secondary N) is 1. The molecule has 3 rings (SSSR count). The number of rotatable bonds is 2. The van der Waals surface area contributed by atoms with Crippen molar-refractivity contribution in [3.63, 3.8) is 0 Å². The van der Waals surface area contributed by atoms with Gasteiger partial charge in [0, 0.05) is 22.9 Å². The first-order chi connectivity index (χ1) is 9.67. The van der Waals surface area contributed by atoms with Crippen molar-refractivity contribution in [2.75, 3.05) is 13.7 Å².